The smallest absolute Gasteiger partial charge is 0.318 e. The van der Waals surface area contributed by atoms with Crippen molar-refractivity contribution in [2.45, 2.75) is 26.4 Å². The molecule has 124 valence electrons. The molecule has 1 aromatic heterocycles. The van der Waals surface area contributed by atoms with Crippen LogP contribution >= 0.6 is 0 Å². The van der Waals surface area contributed by atoms with Gasteiger partial charge < -0.3 is 14.8 Å². The Morgan fingerprint density at radius 1 is 1.39 bits per heavy atom. The van der Waals surface area contributed by atoms with E-state index in [1.165, 1.54) is 29.4 Å². The standard InChI is InChI=1S/C15H19F2N5O/c1-4-22(8-11-12(16)6-5-7-13(11)17)15(23)19-10(2)14-20-18-9-21(14)3/h5-7,9-10H,4,8H2,1-3H3,(H,19,23)/t10-/m0/s1. The van der Waals surface area contributed by atoms with Crippen LogP contribution in [-0.2, 0) is 13.6 Å². The van der Waals surface area contributed by atoms with Crippen LogP contribution in [-0.4, -0.2) is 32.2 Å². The van der Waals surface area contributed by atoms with Crippen LogP contribution in [0.2, 0.25) is 0 Å². The summed E-state index contributed by atoms with van der Waals surface area (Å²) in [5.41, 5.74) is -0.129. The largest absolute Gasteiger partial charge is 0.328 e. The minimum absolute atomic E-state index is 0.129. The Morgan fingerprint density at radius 3 is 2.57 bits per heavy atom. The van der Waals surface area contributed by atoms with Gasteiger partial charge in [0.15, 0.2) is 5.82 Å². The van der Waals surface area contributed by atoms with Gasteiger partial charge in [-0.25, -0.2) is 13.6 Å². The quantitative estimate of drug-likeness (QED) is 0.919. The number of amides is 2. The van der Waals surface area contributed by atoms with Gasteiger partial charge in [-0.1, -0.05) is 6.07 Å². The summed E-state index contributed by atoms with van der Waals surface area (Å²) in [4.78, 5) is 13.7. The van der Waals surface area contributed by atoms with Crippen molar-refractivity contribution in [3.05, 3.63) is 47.5 Å². The van der Waals surface area contributed by atoms with Gasteiger partial charge in [0.25, 0.3) is 0 Å². The Bertz CT molecular complexity index is 668. The summed E-state index contributed by atoms with van der Waals surface area (Å²) in [6.07, 6.45) is 1.53. The Kier molecular flexibility index (Phi) is 5.25. The molecule has 0 radical (unpaired) electrons. The third-order valence-corrected chi connectivity index (χ3v) is 3.55. The Labute approximate surface area is 133 Å². The van der Waals surface area contributed by atoms with Crippen molar-refractivity contribution < 1.29 is 13.6 Å². The summed E-state index contributed by atoms with van der Waals surface area (Å²) in [6, 6.07) is 2.83. The molecule has 2 amide bonds. The highest BCUT2D eigenvalue weighted by Gasteiger charge is 2.20. The molecule has 1 N–H and O–H groups in total. The van der Waals surface area contributed by atoms with Gasteiger partial charge in [0.2, 0.25) is 0 Å². The van der Waals surface area contributed by atoms with Gasteiger partial charge in [0.05, 0.1) is 12.6 Å². The number of nitrogens with zero attached hydrogens (tertiary/aromatic N) is 4. The molecule has 0 bridgehead atoms. The molecule has 1 atom stereocenters. The van der Waals surface area contributed by atoms with Crippen molar-refractivity contribution in [2.24, 2.45) is 7.05 Å². The van der Waals surface area contributed by atoms with E-state index in [1.807, 2.05) is 0 Å². The minimum atomic E-state index is -0.669. The predicted molar refractivity (Wildman–Crippen MR) is 80.4 cm³/mol. The summed E-state index contributed by atoms with van der Waals surface area (Å²) < 4.78 is 29.2. The van der Waals surface area contributed by atoms with E-state index in [9.17, 15) is 13.6 Å². The first-order chi connectivity index (χ1) is 10.9. The van der Waals surface area contributed by atoms with E-state index in [1.54, 1.807) is 25.5 Å². The SMILES string of the molecule is CCN(Cc1c(F)cccc1F)C(=O)N[C@@H](C)c1nncn1C. The lowest BCUT2D eigenvalue weighted by Crippen LogP contribution is -2.41. The maximum atomic E-state index is 13.7. The van der Waals surface area contributed by atoms with Crippen LogP contribution in [0.5, 0.6) is 0 Å². The fourth-order valence-corrected chi connectivity index (χ4v) is 2.23. The van der Waals surface area contributed by atoms with Gasteiger partial charge in [-0.2, -0.15) is 0 Å². The number of nitrogens with one attached hydrogen (secondary N) is 1. The van der Waals surface area contributed by atoms with Gasteiger partial charge in [-0.05, 0) is 26.0 Å². The molecule has 2 aromatic rings. The summed E-state index contributed by atoms with van der Waals surface area (Å²) in [7, 11) is 1.77. The first-order valence-corrected chi connectivity index (χ1v) is 7.26. The van der Waals surface area contributed by atoms with Gasteiger partial charge in [0, 0.05) is 19.2 Å². The van der Waals surface area contributed by atoms with Crippen LogP contribution in [0.1, 0.15) is 31.3 Å². The molecule has 0 aliphatic carbocycles. The number of halogens is 2. The van der Waals surface area contributed by atoms with Crippen molar-refractivity contribution in [1.82, 2.24) is 25.0 Å². The zero-order chi connectivity index (χ0) is 17.0. The molecule has 1 heterocycles. The topological polar surface area (TPSA) is 63.1 Å². The maximum absolute atomic E-state index is 13.7. The second-order valence-corrected chi connectivity index (χ2v) is 5.19. The zero-order valence-corrected chi connectivity index (χ0v) is 13.3. The molecule has 0 aliphatic heterocycles. The third kappa shape index (κ3) is 3.82. The van der Waals surface area contributed by atoms with E-state index < -0.39 is 17.7 Å². The highest BCUT2D eigenvalue weighted by atomic mass is 19.1. The molecule has 23 heavy (non-hydrogen) atoms. The lowest BCUT2D eigenvalue weighted by Gasteiger charge is -2.24. The number of carbonyl (C=O) groups is 1. The molecule has 0 saturated carbocycles. The predicted octanol–water partition coefficient (Wildman–Crippen LogP) is 2.39. The molecule has 2 rings (SSSR count). The Balaban J connectivity index is 2.08. The van der Waals surface area contributed by atoms with Crippen LogP contribution in [0.15, 0.2) is 24.5 Å². The van der Waals surface area contributed by atoms with Crippen molar-refractivity contribution in [1.29, 1.82) is 0 Å². The first-order valence-electron chi connectivity index (χ1n) is 7.26. The highest BCUT2D eigenvalue weighted by Crippen LogP contribution is 2.15. The van der Waals surface area contributed by atoms with Crippen LogP contribution < -0.4 is 5.32 Å². The lowest BCUT2D eigenvalue weighted by atomic mass is 10.2. The second kappa shape index (κ2) is 7.17. The van der Waals surface area contributed by atoms with Gasteiger partial charge >= 0.3 is 6.03 Å². The second-order valence-electron chi connectivity index (χ2n) is 5.19. The average molecular weight is 323 g/mol. The van der Waals surface area contributed by atoms with Crippen molar-refractivity contribution >= 4 is 6.03 Å². The van der Waals surface area contributed by atoms with Crippen LogP contribution in [0.25, 0.3) is 0 Å². The minimum Gasteiger partial charge on any atom is -0.328 e. The molecule has 0 unspecified atom stereocenters. The summed E-state index contributed by atoms with van der Waals surface area (Å²) in [5.74, 6) is -0.748. The fraction of sp³-hybridized carbons (Fsp3) is 0.400. The fourth-order valence-electron chi connectivity index (χ4n) is 2.23. The summed E-state index contributed by atoms with van der Waals surface area (Å²) >= 11 is 0. The molecule has 0 fully saturated rings. The van der Waals surface area contributed by atoms with E-state index in [0.29, 0.717) is 12.4 Å². The molecular formula is C15H19F2N5O. The maximum Gasteiger partial charge on any atom is 0.318 e. The number of carbonyl (C=O) groups excluding carboxylic acids is 1. The van der Waals surface area contributed by atoms with Gasteiger partial charge in [0.1, 0.15) is 18.0 Å². The van der Waals surface area contributed by atoms with Crippen molar-refractivity contribution in [2.75, 3.05) is 6.54 Å². The third-order valence-electron chi connectivity index (χ3n) is 3.55. The summed E-state index contributed by atoms with van der Waals surface area (Å²) in [6.45, 7) is 3.67. The van der Waals surface area contributed by atoms with Crippen LogP contribution in [0.3, 0.4) is 0 Å². The molecule has 0 spiro atoms. The molecular weight excluding hydrogens is 304 g/mol. The highest BCUT2D eigenvalue weighted by molar-refractivity contribution is 5.74. The van der Waals surface area contributed by atoms with Crippen LogP contribution in [0.4, 0.5) is 13.6 Å². The number of hydrogen-bond donors (Lipinski definition) is 1. The van der Waals surface area contributed by atoms with Crippen molar-refractivity contribution in [3.8, 4) is 0 Å². The summed E-state index contributed by atoms with van der Waals surface area (Å²) in [5, 5.41) is 10.4. The zero-order valence-electron chi connectivity index (χ0n) is 13.3. The number of benzene rings is 1. The molecule has 6 nitrogen and oxygen atoms in total. The normalized spacial score (nSPS) is 12.0. The van der Waals surface area contributed by atoms with E-state index in [4.69, 9.17) is 0 Å². The van der Waals surface area contributed by atoms with Crippen LogP contribution in [0, 0.1) is 11.6 Å². The monoisotopic (exact) mass is 323 g/mol. The lowest BCUT2D eigenvalue weighted by molar-refractivity contribution is 0.193. The molecule has 1 aromatic carbocycles. The van der Waals surface area contributed by atoms with E-state index in [-0.39, 0.29) is 18.2 Å². The number of aromatic nitrogens is 3. The van der Waals surface area contributed by atoms with E-state index >= 15 is 0 Å². The number of urea groups is 1. The first kappa shape index (κ1) is 16.9. The van der Waals surface area contributed by atoms with E-state index in [0.717, 1.165) is 0 Å². The van der Waals surface area contributed by atoms with Gasteiger partial charge in [-0.15, -0.1) is 10.2 Å². The van der Waals surface area contributed by atoms with Crippen molar-refractivity contribution in [3.63, 3.8) is 0 Å². The van der Waals surface area contributed by atoms with E-state index in [2.05, 4.69) is 15.5 Å². The van der Waals surface area contributed by atoms with Gasteiger partial charge in [-0.3, -0.25) is 0 Å². The number of hydrogen-bond acceptors (Lipinski definition) is 3. The Morgan fingerprint density at radius 2 is 2.04 bits per heavy atom. The molecule has 0 aliphatic rings. The molecule has 8 heteroatoms. The average Bonchev–Trinajstić information content (AvgIpc) is 2.93. The molecule has 0 saturated heterocycles. The number of aryl methyl sites for hydroxylation is 1. The Hall–Kier alpha value is -2.51. The number of rotatable bonds is 5.